The molecule has 2 heteroatoms. The Balaban J connectivity index is 0. The SMILES string of the molecule is CCCCCCCC(C)(C)[C]1[CH][CH][C](C(C)(C)CCCCCCC)[CH]1.CCCCCCCC(C)(C)[C]1[CH][CH][C](C(C)(C)CCCCCCC)[CH]1.[Cl-].[Fe+3]. The second-order valence-electron chi connectivity index (χ2n) is 19.0. The number of hydrogen-bond acceptors (Lipinski definition) is 0. The Kier molecular flexibility index (Phi) is 31.6. The standard InChI is InChI=1S/2C25H45.ClH.Fe/c2*1-7-9-11-13-15-19-24(3,4)22-17-18-23(21-22)25(5,6)20-16-14-12-10-8-2;;/h2*17-18,21H,7-16,19-20H2,1-6H3;1H;/q;;;+3/p-1. The van der Waals surface area contributed by atoms with Gasteiger partial charge in [0, 0.05) is 0 Å². The third kappa shape index (κ3) is 22.5. The Morgan fingerprint density at radius 1 is 0.308 bits per heavy atom. The normalized spacial score (nSPS) is 16.8. The molecule has 303 valence electrons. The van der Waals surface area contributed by atoms with Crippen molar-refractivity contribution in [1.82, 2.24) is 0 Å². The van der Waals surface area contributed by atoms with E-state index < -0.39 is 0 Å². The maximum Gasteiger partial charge on any atom is 3.00 e. The van der Waals surface area contributed by atoms with Crippen molar-refractivity contribution in [3.63, 3.8) is 0 Å². The second-order valence-corrected chi connectivity index (χ2v) is 19.0. The van der Waals surface area contributed by atoms with Crippen molar-refractivity contribution < 1.29 is 29.5 Å². The molecule has 0 spiro atoms. The first-order valence-corrected chi connectivity index (χ1v) is 22.2. The maximum atomic E-state index is 2.51. The van der Waals surface area contributed by atoms with Gasteiger partial charge in [-0.15, -0.1) is 0 Å². The molecule has 2 aliphatic rings. The average Bonchev–Trinajstić information content (AvgIpc) is 3.78. The van der Waals surface area contributed by atoms with Gasteiger partial charge in [0.2, 0.25) is 0 Å². The van der Waals surface area contributed by atoms with Gasteiger partial charge >= 0.3 is 17.1 Å². The van der Waals surface area contributed by atoms with E-state index in [1.54, 1.807) is 23.7 Å². The molecule has 2 aliphatic carbocycles. The van der Waals surface area contributed by atoms with E-state index in [-0.39, 0.29) is 29.5 Å². The Bertz CT molecular complexity index is 666. The molecule has 0 aromatic rings. The van der Waals surface area contributed by atoms with Crippen molar-refractivity contribution in [2.24, 2.45) is 21.7 Å². The molecule has 2 saturated carbocycles. The molecule has 0 atom stereocenters. The molecule has 0 saturated heterocycles. The first kappa shape index (κ1) is 54.9. The molecular formula is C50H90ClFe+2. The van der Waals surface area contributed by atoms with Crippen molar-refractivity contribution in [1.29, 1.82) is 0 Å². The largest absolute Gasteiger partial charge is 3.00 e. The third-order valence-electron chi connectivity index (χ3n) is 12.3. The topological polar surface area (TPSA) is 0 Å². The van der Waals surface area contributed by atoms with E-state index in [1.807, 2.05) is 0 Å². The summed E-state index contributed by atoms with van der Waals surface area (Å²) in [6, 6.07) is 0. The fourth-order valence-corrected chi connectivity index (χ4v) is 7.83. The Morgan fingerprint density at radius 3 is 0.654 bits per heavy atom. The predicted octanol–water partition coefficient (Wildman–Crippen LogP) is 14.1. The Labute approximate surface area is 348 Å². The Hall–Kier alpha value is 0.809. The van der Waals surface area contributed by atoms with E-state index in [2.05, 4.69) is 122 Å². The number of hydrogen-bond donors (Lipinski definition) is 0. The third-order valence-corrected chi connectivity index (χ3v) is 12.3. The zero-order valence-electron chi connectivity index (χ0n) is 37.2. The van der Waals surface area contributed by atoms with Crippen molar-refractivity contribution in [3.05, 3.63) is 62.2 Å². The summed E-state index contributed by atoms with van der Waals surface area (Å²) in [5, 5.41) is 0. The smallest absolute Gasteiger partial charge is 1.00 e. The van der Waals surface area contributed by atoms with Gasteiger partial charge in [0.05, 0.1) is 0 Å². The van der Waals surface area contributed by atoms with Crippen LogP contribution >= 0.6 is 0 Å². The predicted molar refractivity (Wildman–Crippen MR) is 227 cm³/mol. The summed E-state index contributed by atoms with van der Waals surface area (Å²) in [4.78, 5) is 0. The average molecular weight is 783 g/mol. The number of unbranched alkanes of at least 4 members (excludes halogenated alkanes) is 16. The van der Waals surface area contributed by atoms with Gasteiger partial charge < -0.3 is 12.4 Å². The van der Waals surface area contributed by atoms with Crippen LogP contribution in [0.15, 0.2) is 0 Å². The van der Waals surface area contributed by atoms with Crippen LogP contribution in [0.5, 0.6) is 0 Å². The monoisotopic (exact) mass is 782 g/mol. The molecule has 52 heavy (non-hydrogen) atoms. The molecule has 2 rings (SSSR count). The molecule has 2 fully saturated rings. The summed E-state index contributed by atoms with van der Waals surface area (Å²) >= 11 is 0. The zero-order chi connectivity index (χ0) is 37.5. The van der Waals surface area contributed by atoms with Gasteiger partial charge in [-0.25, -0.2) is 0 Å². The molecule has 0 unspecified atom stereocenters. The van der Waals surface area contributed by atoms with E-state index in [1.165, 1.54) is 154 Å². The van der Waals surface area contributed by atoms with Gasteiger partial charge in [-0.1, -0.05) is 212 Å². The first-order chi connectivity index (χ1) is 23.7. The van der Waals surface area contributed by atoms with Crippen molar-refractivity contribution >= 4 is 0 Å². The van der Waals surface area contributed by atoms with Gasteiger partial charge in [-0.2, -0.15) is 0 Å². The molecule has 0 N–H and O–H groups in total. The van der Waals surface area contributed by atoms with E-state index in [4.69, 9.17) is 0 Å². The van der Waals surface area contributed by atoms with Crippen molar-refractivity contribution in [3.8, 4) is 0 Å². The molecule has 0 nitrogen and oxygen atoms in total. The summed E-state index contributed by atoms with van der Waals surface area (Å²) in [5.74, 6) is 6.21. The van der Waals surface area contributed by atoms with Crippen LogP contribution in [0.2, 0.25) is 0 Å². The summed E-state index contributed by atoms with van der Waals surface area (Å²) in [5.41, 5.74) is 1.28. The van der Waals surface area contributed by atoms with Gasteiger partial charge in [0.15, 0.2) is 0 Å². The molecular weight excluding hydrogens is 692 g/mol. The van der Waals surface area contributed by atoms with Crippen LogP contribution < -0.4 is 12.4 Å². The van der Waals surface area contributed by atoms with Crippen LogP contribution in [-0.4, -0.2) is 0 Å². The van der Waals surface area contributed by atoms with Crippen LogP contribution in [0.1, 0.15) is 237 Å². The van der Waals surface area contributed by atoms with Gasteiger partial charge in [0.1, 0.15) is 0 Å². The fourth-order valence-electron chi connectivity index (χ4n) is 7.83. The van der Waals surface area contributed by atoms with Crippen molar-refractivity contribution in [2.45, 2.75) is 237 Å². The molecule has 0 bridgehead atoms. The summed E-state index contributed by atoms with van der Waals surface area (Å²) in [6.07, 6.45) is 47.5. The molecule has 0 heterocycles. The second kappa shape index (κ2) is 30.0. The minimum atomic E-state index is 0. The van der Waals surface area contributed by atoms with Crippen molar-refractivity contribution in [2.75, 3.05) is 0 Å². The summed E-state index contributed by atoms with van der Waals surface area (Å²) in [7, 11) is 0. The van der Waals surface area contributed by atoms with Gasteiger partial charge in [-0.3, -0.25) is 0 Å². The summed E-state index contributed by atoms with van der Waals surface area (Å²) in [6.45, 7) is 28.6. The number of rotatable bonds is 28. The molecule has 0 aromatic carbocycles. The van der Waals surface area contributed by atoms with E-state index in [0.29, 0.717) is 21.7 Å². The maximum absolute atomic E-state index is 2.51. The Morgan fingerprint density at radius 2 is 0.481 bits per heavy atom. The van der Waals surface area contributed by atoms with E-state index in [0.717, 1.165) is 0 Å². The van der Waals surface area contributed by atoms with Crippen LogP contribution in [0.25, 0.3) is 0 Å². The molecule has 0 aromatic heterocycles. The van der Waals surface area contributed by atoms with E-state index in [9.17, 15) is 0 Å². The minimum absolute atomic E-state index is 0. The van der Waals surface area contributed by atoms with Crippen LogP contribution in [0.3, 0.4) is 0 Å². The molecule has 0 aliphatic heterocycles. The van der Waals surface area contributed by atoms with Gasteiger partial charge in [-0.05, 0) is 110 Å². The van der Waals surface area contributed by atoms with Crippen LogP contribution in [0, 0.1) is 83.9 Å². The zero-order valence-corrected chi connectivity index (χ0v) is 39.0. The fraction of sp³-hybridized carbons (Fsp3) is 0.800. The van der Waals surface area contributed by atoms with E-state index >= 15 is 0 Å². The molecule has 11 radical (unpaired) electrons. The van der Waals surface area contributed by atoms with Crippen LogP contribution in [0.4, 0.5) is 0 Å². The first-order valence-electron chi connectivity index (χ1n) is 22.2. The van der Waals surface area contributed by atoms with Crippen LogP contribution in [-0.2, 0) is 17.1 Å². The number of halogens is 1. The van der Waals surface area contributed by atoms with Gasteiger partial charge in [0.25, 0.3) is 0 Å². The summed E-state index contributed by atoms with van der Waals surface area (Å²) < 4.78 is 0. The molecule has 0 amide bonds. The minimum Gasteiger partial charge on any atom is -1.00 e. The quantitative estimate of drug-likeness (QED) is 0.0548.